The molecule has 6 nitrogen and oxygen atoms in total. The van der Waals surface area contributed by atoms with Crippen molar-refractivity contribution in [2.45, 2.75) is 17.0 Å². The number of amides is 1. The van der Waals surface area contributed by atoms with Crippen LogP contribution in [-0.2, 0) is 19.1 Å². The van der Waals surface area contributed by atoms with E-state index in [-0.39, 0.29) is 10.7 Å². The van der Waals surface area contributed by atoms with Crippen LogP contribution in [0.2, 0.25) is 0 Å². The molecule has 0 unspecified atom stereocenters. The van der Waals surface area contributed by atoms with Crippen molar-refractivity contribution >= 4 is 33.8 Å². The lowest BCUT2D eigenvalue weighted by molar-refractivity contribution is -0.166. The number of fused-ring (bicyclic) bond motifs is 1. The summed E-state index contributed by atoms with van der Waals surface area (Å²) in [4.78, 5) is 36.1. The Labute approximate surface area is 105 Å². The van der Waals surface area contributed by atoms with Crippen molar-refractivity contribution in [2.24, 2.45) is 17.8 Å². The quantitative estimate of drug-likeness (QED) is 0.520. The van der Waals surface area contributed by atoms with Crippen molar-refractivity contribution in [1.82, 2.24) is 4.90 Å². The molecule has 1 amide bonds. The zero-order valence-corrected chi connectivity index (χ0v) is 10.5. The molecule has 0 spiro atoms. The van der Waals surface area contributed by atoms with Crippen molar-refractivity contribution in [3.05, 3.63) is 0 Å². The molecule has 3 saturated heterocycles. The third kappa shape index (κ3) is 1.13. The SMILES string of the molecule is CN1C(=O)[C@H]2[C@H]3OC(=O)[C@H]2[C@H](C(=O)O)[C@H]1[C@@H]3Br. The van der Waals surface area contributed by atoms with Gasteiger partial charge in [-0.25, -0.2) is 0 Å². The smallest absolute Gasteiger partial charge is 0.311 e. The lowest BCUT2D eigenvalue weighted by Gasteiger charge is -2.50. The topological polar surface area (TPSA) is 83.9 Å². The van der Waals surface area contributed by atoms with Crippen LogP contribution in [0.15, 0.2) is 0 Å². The Hall–Kier alpha value is -1.11. The lowest BCUT2D eigenvalue weighted by Crippen LogP contribution is -2.68. The zero-order chi connectivity index (χ0) is 12.5. The summed E-state index contributed by atoms with van der Waals surface area (Å²) >= 11 is 3.37. The van der Waals surface area contributed by atoms with E-state index in [1.165, 1.54) is 4.90 Å². The van der Waals surface area contributed by atoms with E-state index in [2.05, 4.69) is 15.9 Å². The molecule has 0 aromatic heterocycles. The Morgan fingerprint density at radius 2 is 2.06 bits per heavy atom. The van der Waals surface area contributed by atoms with Gasteiger partial charge in [-0.2, -0.15) is 0 Å². The number of ether oxygens (including phenoxy) is 1. The van der Waals surface area contributed by atoms with Gasteiger partial charge in [0.05, 0.1) is 28.6 Å². The van der Waals surface area contributed by atoms with Crippen LogP contribution in [0.25, 0.3) is 0 Å². The number of piperidine rings is 2. The Morgan fingerprint density at radius 3 is 2.65 bits per heavy atom. The van der Waals surface area contributed by atoms with Gasteiger partial charge in [0, 0.05) is 7.05 Å². The number of nitrogens with zero attached hydrogens (tertiary/aromatic N) is 1. The Kier molecular flexibility index (Phi) is 2.08. The highest BCUT2D eigenvalue weighted by Gasteiger charge is 2.69. The van der Waals surface area contributed by atoms with E-state index < -0.39 is 41.8 Å². The van der Waals surface area contributed by atoms with Gasteiger partial charge in [0.25, 0.3) is 0 Å². The summed E-state index contributed by atoms with van der Waals surface area (Å²) in [5, 5.41) is 9.25. The number of carboxylic acids is 1. The molecule has 0 aromatic carbocycles. The highest BCUT2D eigenvalue weighted by molar-refractivity contribution is 9.09. The summed E-state index contributed by atoms with van der Waals surface area (Å²) in [5.74, 6) is -4.14. The number of carboxylic acid groups (broad SMARTS) is 1. The van der Waals surface area contributed by atoms with Gasteiger partial charge in [0.2, 0.25) is 5.91 Å². The first kappa shape index (κ1) is 11.0. The van der Waals surface area contributed by atoms with Crippen LogP contribution in [0.4, 0.5) is 0 Å². The van der Waals surface area contributed by atoms with Crippen LogP contribution in [0.3, 0.4) is 0 Å². The van der Waals surface area contributed by atoms with Crippen LogP contribution < -0.4 is 0 Å². The van der Waals surface area contributed by atoms with Crippen molar-refractivity contribution in [1.29, 1.82) is 0 Å². The van der Waals surface area contributed by atoms with Crippen LogP contribution in [0, 0.1) is 17.8 Å². The van der Waals surface area contributed by atoms with Crippen LogP contribution in [0.1, 0.15) is 0 Å². The minimum atomic E-state index is -1.05. The molecule has 6 atom stereocenters. The second-order valence-electron chi connectivity index (χ2n) is 4.70. The van der Waals surface area contributed by atoms with Crippen LogP contribution in [0.5, 0.6) is 0 Å². The number of alkyl halides is 1. The van der Waals surface area contributed by atoms with E-state index >= 15 is 0 Å². The summed E-state index contributed by atoms with van der Waals surface area (Å²) < 4.78 is 5.13. The fourth-order valence-electron chi connectivity index (χ4n) is 3.31. The number of halogens is 1. The summed E-state index contributed by atoms with van der Waals surface area (Å²) in [6, 6.07) is -0.522. The predicted molar refractivity (Wildman–Crippen MR) is 57.3 cm³/mol. The molecular weight excluding hydrogens is 294 g/mol. The zero-order valence-electron chi connectivity index (χ0n) is 8.87. The molecule has 0 aromatic rings. The maximum absolute atomic E-state index is 12.0. The molecule has 17 heavy (non-hydrogen) atoms. The molecule has 7 heteroatoms. The predicted octanol–water partition coefficient (Wildman–Crippen LogP) is -0.537. The molecule has 92 valence electrons. The Morgan fingerprint density at radius 1 is 1.41 bits per heavy atom. The molecule has 4 bridgehead atoms. The van der Waals surface area contributed by atoms with E-state index in [9.17, 15) is 19.5 Å². The van der Waals surface area contributed by atoms with Crippen molar-refractivity contribution in [2.75, 3.05) is 7.05 Å². The highest BCUT2D eigenvalue weighted by Crippen LogP contribution is 2.52. The molecule has 1 N–H and O–H groups in total. The summed E-state index contributed by atoms with van der Waals surface area (Å²) in [6.45, 7) is 0. The highest BCUT2D eigenvalue weighted by atomic mass is 79.9. The largest absolute Gasteiger partial charge is 0.481 e. The van der Waals surface area contributed by atoms with E-state index in [0.717, 1.165) is 0 Å². The van der Waals surface area contributed by atoms with Crippen LogP contribution in [-0.4, -0.2) is 51.9 Å². The van der Waals surface area contributed by atoms with Crippen molar-refractivity contribution in [3.8, 4) is 0 Å². The van der Waals surface area contributed by atoms with Crippen LogP contribution >= 0.6 is 15.9 Å². The summed E-state index contributed by atoms with van der Waals surface area (Å²) in [7, 11) is 1.58. The van der Waals surface area contributed by atoms with Gasteiger partial charge in [-0.3, -0.25) is 14.4 Å². The minimum absolute atomic E-state index is 0.191. The van der Waals surface area contributed by atoms with E-state index in [1.807, 2.05) is 0 Å². The maximum atomic E-state index is 12.0. The standard InChI is InChI=1S/C10H10BrNO5/c1-12-6-3(9(14)15)2-4(8(12)13)7(5(6)11)17-10(2)16/h2-7H,1H3,(H,14,15)/t2-,3-,4+,5-,6-,7+/m0/s1. The number of carbonyl (C=O) groups excluding carboxylic acids is 2. The second kappa shape index (κ2) is 3.22. The van der Waals surface area contributed by atoms with Gasteiger partial charge in [-0.15, -0.1) is 0 Å². The van der Waals surface area contributed by atoms with Gasteiger partial charge < -0.3 is 14.7 Å². The number of hydrogen-bond donors (Lipinski definition) is 1. The molecule has 4 rings (SSSR count). The monoisotopic (exact) mass is 303 g/mol. The fraction of sp³-hybridized carbons (Fsp3) is 0.700. The first-order chi connectivity index (χ1) is 7.95. The van der Waals surface area contributed by atoms with Crippen molar-refractivity contribution < 1.29 is 24.2 Å². The number of aliphatic carboxylic acids is 1. The molecule has 3 aliphatic heterocycles. The van der Waals surface area contributed by atoms with Gasteiger partial charge in [0.1, 0.15) is 6.10 Å². The third-order valence-electron chi connectivity index (χ3n) is 4.03. The molecule has 3 heterocycles. The summed E-state index contributed by atoms with van der Waals surface area (Å²) in [5.41, 5.74) is 0. The fourth-order valence-corrected chi connectivity index (χ4v) is 4.43. The average Bonchev–Trinajstić information content (AvgIpc) is 2.54. The summed E-state index contributed by atoms with van der Waals surface area (Å²) in [6.07, 6.45) is -0.517. The number of esters is 1. The van der Waals surface area contributed by atoms with Gasteiger partial charge in [-0.05, 0) is 0 Å². The van der Waals surface area contributed by atoms with Gasteiger partial charge in [-0.1, -0.05) is 15.9 Å². The molecule has 4 aliphatic rings. The average molecular weight is 304 g/mol. The molecule has 4 fully saturated rings. The van der Waals surface area contributed by atoms with Crippen molar-refractivity contribution in [3.63, 3.8) is 0 Å². The van der Waals surface area contributed by atoms with E-state index in [1.54, 1.807) is 7.05 Å². The van der Waals surface area contributed by atoms with E-state index in [4.69, 9.17) is 4.74 Å². The second-order valence-corrected chi connectivity index (χ2v) is 5.76. The number of carbonyl (C=O) groups is 3. The Balaban J connectivity index is 2.14. The first-order valence-corrected chi connectivity index (χ1v) is 6.20. The van der Waals surface area contributed by atoms with Gasteiger partial charge in [0.15, 0.2) is 0 Å². The molecule has 1 aliphatic carbocycles. The maximum Gasteiger partial charge on any atom is 0.311 e. The number of hydrogen-bond acceptors (Lipinski definition) is 4. The lowest BCUT2D eigenvalue weighted by atomic mass is 9.65. The van der Waals surface area contributed by atoms with E-state index in [0.29, 0.717) is 0 Å². The first-order valence-electron chi connectivity index (χ1n) is 5.29. The molecule has 1 saturated carbocycles. The minimum Gasteiger partial charge on any atom is -0.481 e. The van der Waals surface area contributed by atoms with Gasteiger partial charge >= 0.3 is 11.9 Å². The third-order valence-corrected chi connectivity index (χ3v) is 5.09. The molecule has 0 radical (unpaired) electrons. The Bertz CT molecular complexity index is 438. The normalized spacial score (nSPS) is 47.3. The molecular formula is C10H10BrNO5. The number of rotatable bonds is 1.